The van der Waals surface area contributed by atoms with Crippen LogP contribution < -0.4 is 11.1 Å². The molecule has 9 nitrogen and oxygen atoms in total. The zero-order valence-electron chi connectivity index (χ0n) is 21.5. The van der Waals surface area contributed by atoms with Gasteiger partial charge in [-0.15, -0.1) is 32.9 Å². The molecular formula is C25H31N5O4S3. The van der Waals surface area contributed by atoms with Crippen molar-refractivity contribution in [3.8, 4) is 11.4 Å². The average molecular weight is 562 g/mol. The van der Waals surface area contributed by atoms with Crippen molar-refractivity contribution in [1.29, 1.82) is 0 Å². The van der Waals surface area contributed by atoms with Gasteiger partial charge in [0.05, 0.1) is 22.3 Å². The van der Waals surface area contributed by atoms with Crippen molar-refractivity contribution in [2.75, 3.05) is 11.1 Å². The van der Waals surface area contributed by atoms with E-state index in [1.54, 1.807) is 32.1 Å². The van der Waals surface area contributed by atoms with Gasteiger partial charge >= 0.3 is 5.97 Å². The zero-order valence-corrected chi connectivity index (χ0v) is 24.0. The Kier molecular flexibility index (Phi) is 8.39. The van der Waals surface area contributed by atoms with Gasteiger partial charge in [-0.2, -0.15) is 0 Å². The number of nitrogens with zero attached hydrogens (tertiary/aromatic N) is 3. The molecule has 0 fully saturated rings. The predicted octanol–water partition coefficient (Wildman–Crippen LogP) is 5.23. The standard InChI is InChI=1S/C25H31N5O4S3/c1-12(2)30-22(16-10-35-17-9-7-6-8-15(16)17)28-29-25(30)36-11-18(31)27-23-19(24(33)34-13(3)4)14(5)20(37-23)21(26)32/h10,12-13H,6-9,11H2,1-5H3,(H2,26,32)(H,27,31). The number of rotatable bonds is 9. The Morgan fingerprint density at radius 2 is 1.92 bits per heavy atom. The first-order chi connectivity index (χ1) is 17.6. The van der Waals surface area contributed by atoms with Gasteiger partial charge in [-0.05, 0) is 71.4 Å². The van der Waals surface area contributed by atoms with Crippen molar-refractivity contribution < 1.29 is 19.1 Å². The summed E-state index contributed by atoms with van der Waals surface area (Å²) in [7, 11) is 0. The van der Waals surface area contributed by atoms with Crippen molar-refractivity contribution in [2.24, 2.45) is 5.73 Å². The highest BCUT2D eigenvalue weighted by Crippen LogP contribution is 2.38. The minimum absolute atomic E-state index is 0.0497. The molecule has 0 bridgehead atoms. The number of esters is 1. The quantitative estimate of drug-likeness (QED) is 0.270. The molecular weight excluding hydrogens is 531 g/mol. The van der Waals surface area contributed by atoms with E-state index in [0.717, 1.165) is 35.6 Å². The van der Waals surface area contributed by atoms with Crippen LogP contribution in [-0.2, 0) is 22.4 Å². The molecule has 4 rings (SSSR count). The summed E-state index contributed by atoms with van der Waals surface area (Å²) in [5.74, 6) is -0.731. The van der Waals surface area contributed by atoms with E-state index in [4.69, 9.17) is 10.5 Å². The van der Waals surface area contributed by atoms with Gasteiger partial charge in [0.1, 0.15) is 5.00 Å². The zero-order chi connectivity index (χ0) is 26.9. The third-order valence-corrected chi connectivity index (χ3v) is 9.24. The molecule has 0 saturated carbocycles. The number of aryl methyl sites for hydroxylation is 1. The first-order valence-corrected chi connectivity index (χ1v) is 14.9. The molecule has 0 radical (unpaired) electrons. The molecule has 0 atom stereocenters. The summed E-state index contributed by atoms with van der Waals surface area (Å²) < 4.78 is 7.39. The fourth-order valence-electron chi connectivity index (χ4n) is 4.35. The van der Waals surface area contributed by atoms with Crippen LogP contribution in [0.3, 0.4) is 0 Å². The van der Waals surface area contributed by atoms with Crippen LogP contribution in [0.4, 0.5) is 5.00 Å². The summed E-state index contributed by atoms with van der Waals surface area (Å²) in [5, 5.41) is 14.8. The van der Waals surface area contributed by atoms with Crippen molar-refractivity contribution in [2.45, 2.75) is 77.6 Å². The molecule has 1 aliphatic carbocycles. The maximum atomic E-state index is 12.9. The second kappa shape index (κ2) is 11.4. The Hall–Kier alpha value is -2.70. The topological polar surface area (TPSA) is 129 Å². The SMILES string of the molecule is Cc1c(C(N)=O)sc(NC(=O)CSc2nnc(-c3csc4c3CCCC4)n2C(C)C)c1C(=O)OC(C)C. The van der Waals surface area contributed by atoms with E-state index in [-0.39, 0.29) is 39.2 Å². The number of nitrogens with one attached hydrogen (secondary N) is 1. The molecule has 0 aromatic carbocycles. The summed E-state index contributed by atoms with van der Waals surface area (Å²) in [6, 6.07) is 0.102. The molecule has 12 heteroatoms. The molecule has 2 amide bonds. The van der Waals surface area contributed by atoms with Crippen LogP contribution in [0.5, 0.6) is 0 Å². The highest BCUT2D eigenvalue weighted by Gasteiger charge is 2.27. The number of anilines is 1. The molecule has 3 aromatic rings. The lowest BCUT2D eigenvalue weighted by Crippen LogP contribution is -2.18. The van der Waals surface area contributed by atoms with E-state index < -0.39 is 11.9 Å². The maximum Gasteiger partial charge on any atom is 0.341 e. The van der Waals surface area contributed by atoms with Crippen molar-refractivity contribution >= 4 is 57.2 Å². The normalized spacial score (nSPS) is 13.2. The largest absolute Gasteiger partial charge is 0.459 e. The van der Waals surface area contributed by atoms with E-state index in [2.05, 4.69) is 39.3 Å². The van der Waals surface area contributed by atoms with Gasteiger partial charge in [0.2, 0.25) is 5.91 Å². The van der Waals surface area contributed by atoms with Gasteiger partial charge in [-0.25, -0.2) is 4.79 Å². The molecule has 3 N–H and O–H groups in total. The third-order valence-electron chi connectivity index (χ3n) is 5.99. The number of hydrogen-bond donors (Lipinski definition) is 2. The Balaban J connectivity index is 1.53. The van der Waals surface area contributed by atoms with Gasteiger partial charge in [0, 0.05) is 21.9 Å². The van der Waals surface area contributed by atoms with Crippen LogP contribution in [0.25, 0.3) is 11.4 Å². The number of nitrogens with two attached hydrogens (primary N) is 1. The second-order valence-electron chi connectivity index (χ2n) is 9.44. The van der Waals surface area contributed by atoms with Gasteiger partial charge < -0.3 is 15.8 Å². The monoisotopic (exact) mass is 561 g/mol. The number of carbonyl (C=O) groups is 3. The number of thioether (sulfide) groups is 1. The number of carbonyl (C=O) groups excluding carboxylic acids is 3. The van der Waals surface area contributed by atoms with Crippen molar-refractivity contribution in [1.82, 2.24) is 14.8 Å². The summed E-state index contributed by atoms with van der Waals surface area (Å²) in [4.78, 5) is 39.1. The van der Waals surface area contributed by atoms with Crippen LogP contribution in [-0.4, -0.2) is 44.4 Å². The van der Waals surface area contributed by atoms with Crippen LogP contribution in [0.15, 0.2) is 10.5 Å². The summed E-state index contributed by atoms with van der Waals surface area (Å²) in [6.45, 7) is 9.22. The Labute approximate surface area is 228 Å². The molecule has 3 aromatic heterocycles. The van der Waals surface area contributed by atoms with Gasteiger partial charge in [0.25, 0.3) is 5.91 Å². The highest BCUT2D eigenvalue weighted by atomic mass is 32.2. The Morgan fingerprint density at radius 1 is 1.19 bits per heavy atom. The third kappa shape index (κ3) is 5.75. The van der Waals surface area contributed by atoms with E-state index in [9.17, 15) is 14.4 Å². The maximum absolute atomic E-state index is 12.9. The average Bonchev–Trinajstić information content (AvgIpc) is 3.52. The molecule has 3 heterocycles. The second-order valence-corrected chi connectivity index (χ2v) is 12.4. The first-order valence-electron chi connectivity index (χ1n) is 12.2. The van der Waals surface area contributed by atoms with Crippen LogP contribution in [0.1, 0.15) is 82.6 Å². The van der Waals surface area contributed by atoms with Crippen LogP contribution in [0, 0.1) is 6.92 Å². The van der Waals surface area contributed by atoms with E-state index >= 15 is 0 Å². The lowest BCUT2D eigenvalue weighted by Gasteiger charge is -2.16. The minimum atomic E-state index is -0.663. The van der Waals surface area contributed by atoms with Crippen LogP contribution >= 0.6 is 34.4 Å². The van der Waals surface area contributed by atoms with Gasteiger partial charge in [0.15, 0.2) is 11.0 Å². The van der Waals surface area contributed by atoms with Gasteiger partial charge in [-0.1, -0.05) is 11.8 Å². The smallest absolute Gasteiger partial charge is 0.341 e. The molecule has 0 saturated heterocycles. The Morgan fingerprint density at radius 3 is 2.59 bits per heavy atom. The van der Waals surface area contributed by atoms with E-state index in [0.29, 0.717) is 10.7 Å². The summed E-state index contributed by atoms with van der Waals surface area (Å²) in [5.41, 5.74) is 8.54. The minimum Gasteiger partial charge on any atom is -0.459 e. The molecule has 198 valence electrons. The summed E-state index contributed by atoms with van der Waals surface area (Å²) in [6.07, 6.45) is 4.22. The molecule has 1 aliphatic rings. The molecule has 37 heavy (non-hydrogen) atoms. The predicted molar refractivity (Wildman–Crippen MR) is 148 cm³/mol. The number of amides is 2. The van der Waals surface area contributed by atoms with E-state index in [1.807, 2.05) is 0 Å². The lowest BCUT2D eigenvalue weighted by molar-refractivity contribution is -0.113. The van der Waals surface area contributed by atoms with Crippen molar-refractivity contribution in [3.63, 3.8) is 0 Å². The van der Waals surface area contributed by atoms with E-state index in [1.165, 1.54) is 35.0 Å². The van der Waals surface area contributed by atoms with Crippen LogP contribution in [0.2, 0.25) is 0 Å². The number of aromatic nitrogens is 3. The fraction of sp³-hybridized carbons (Fsp3) is 0.480. The summed E-state index contributed by atoms with van der Waals surface area (Å²) >= 11 is 4.04. The number of hydrogen-bond acceptors (Lipinski definition) is 9. The number of thiophene rings is 2. The number of fused-ring (bicyclic) bond motifs is 1. The highest BCUT2D eigenvalue weighted by molar-refractivity contribution is 7.99. The van der Waals surface area contributed by atoms with Crippen molar-refractivity contribution in [3.05, 3.63) is 31.8 Å². The molecule has 0 unspecified atom stereocenters. The molecule has 0 aliphatic heterocycles. The van der Waals surface area contributed by atoms with Gasteiger partial charge in [-0.3, -0.25) is 14.2 Å². The Bertz CT molecular complexity index is 1340. The molecule has 0 spiro atoms. The number of ether oxygens (including phenoxy) is 1. The fourth-order valence-corrected chi connectivity index (χ4v) is 7.41. The lowest BCUT2D eigenvalue weighted by atomic mass is 9.95. The first kappa shape index (κ1) is 27.3. The number of primary amides is 1.